The molecule has 0 bridgehead atoms. The summed E-state index contributed by atoms with van der Waals surface area (Å²) in [6.07, 6.45) is 2.46. The molecule has 27 heavy (non-hydrogen) atoms. The van der Waals surface area contributed by atoms with E-state index in [2.05, 4.69) is 36.3 Å². The quantitative estimate of drug-likeness (QED) is 0.651. The number of carbonyl (C=O) groups is 1. The van der Waals surface area contributed by atoms with Crippen molar-refractivity contribution in [3.05, 3.63) is 71.7 Å². The largest absolute Gasteiger partial charge is 0.508 e. The second kappa shape index (κ2) is 8.54. The fourth-order valence-electron chi connectivity index (χ4n) is 2.71. The molecule has 0 spiro atoms. The molecule has 0 fully saturated rings. The van der Waals surface area contributed by atoms with Crippen molar-refractivity contribution in [1.29, 1.82) is 0 Å². The van der Waals surface area contributed by atoms with E-state index in [1.807, 2.05) is 12.1 Å². The lowest BCUT2D eigenvalue weighted by Crippen LogP contribution is -2.22. The van der Waals surface area contributed by atoms with Gasteiger partial charge in [0.05, 0.1) is 6.20 Å². The Morgan fingerprint density at radius 2 is 1.81 bits per heavy atom. The van der Waals surface area contributed by atoms with Gasteiger partial charge >= 0.3 is 0 Å². The predicted molar refractivity (Wildman–Crippen MR) is 104 cm³/mol. The smallest absolute Gasteiger partial charge is 0.220 e. The summed E-state index contributed by atoms with van der Waals surface area (Å²) in [7, 11) is 0. The summed E-state index contributed by atoms with van der Waals surface area (Å²) >= 11 is 0. The predicted octanol–water partition coefficient (Wildman–Crippen LogP) is 4.42. The van der Waals surface area contributed by atoms with E-state index in [1.54, 1.807) is 30.5 Å². The zero-order chi connectivity index (χ0) is 19.2. The monoisotopic (exact) mass is 364 g/mol. The Morgan fingerprint density at radius 3 is 2.48 bits per heavy atom. The van der Waals surface area contributed by atoms with Gasteiger partial charge in [-0.3, -0.25) is 4.79 Å². The average molecular weight is 364 g/mol. The van der Waals surface area contributed by atoms with Gasteiger partial charge < -0.3 is 14.8 Å². The summed E-state index contributed by atoms with van der Waals surface area (Å²) in [5.74, 6) is 1.90. The molecule has 5 heteroatoms. The van der Waals surface area contributed by atoms with Crippen molar-refractivity contribution >= 4 is 5.91 Å². The molecule has 0 radical (unpaired) electrons. The van der Waals surface area contributed by atoms with Crippen LogP contribution in [0.2, 0.25) is 0 Å². The molecule has 140 valence electrons. The van der Waals surface area contributed by atoms with Crippen LogP contribution in [0.25, 0.3) is 11.3 Å². The van der Waals surface area contributed by atoms with Gasteiger partial charge in [-0.2, -0.15) is 0 Å². The van der Waals surface area contributed by atoms with E-state index in [0.29, 0.717) is 37.0 Å². The van der Waals surface area contributed by atoms with Gasteiger partial charge in [-0.1, -0.05) is 50.2 Å². The zero-order valence-electron chi connectivity index (χ0n) is 15.6. The Balaban J connectivity index is 1.50. The van der Waals surface area contributed by atoms with Crippen LogP contribution < -0.4 is 5.32 Å². The van der Waals surface area contributed by atoms with Crippen molar-refractivity contribution in [2.24, 2.45) is 0 Å². The van der Waals surface area contributed by atoms with Gasteiger partial charge in [-0.05, 0) is 29.2 Å². The highest BCUT2D eigenvalue weighted by atomic mass is 16.4. The number of nitrogens with one attached hydrogen (secondary N) is 1. The van der Waals surface area contributed by atoms with Crippen LogP contribution in [0, 0.1) is 0 Å². The molecule has 0 unspecified atom stereocenters. The van der Waals surface area contributed by atoms with Crippen LogP contribution in [0.1, 0.15) is 43.2 Å². The van der Waals surface area contributed by atoms with E-state index in [0.717, 1.165) is 11.1 Å². The fraction of sp³-hybridized carbons (Fsp3) is 0.273. The zero-order valence-corrected chi connectivity index (χ0v) is 15.6. The molecule has 2 aromatic carbocycles. The van der Waals surface area contributed by atoms with Crippen LogP contribution in [0.3, 0.4) is 0 Å². The van der Waals surface area contributed by atoms with Crippen LogP contribution in [-0.4, -0.2) is 16.0 Å². The van der Waals surface area contributed by atoms with E-state index in [4.69, 9.17) is 4.42 Å². The second-order valence-electron chi connectivity index (χ2n) is 6.84. The van der Waals surface area contributed by atoms with Gasteiger partial charge in [0.25, 0.3) is 0 Å². The molecule has 1 amide bonds. The lowest BCUT2D eigenvalue weighted by Gasteiger charge is -2.05. The molecule has 0 saturated heterocycles. The fourth-order valence-corrected chi connectivity index (χ4v) is 2.71. The van der Waals surface area contributed by atoms with Crippen LogP contribution in [0.15, 0.2) is 59.1 Å². The maximum atomic E-state index is 12.0. The number of aromatic nitrogens is 1. The second-order valence-corrected chi connectivity index (χ2v) is 6.84. The summed E-state index contributed by atoms with van der Waals surface area (Å²) in [5.41, 5.74) is 3.20. The van der Waals surface area contributed by atoms with Crippen LogP contribution in [0.5, 0.6) is 5.75 Å². The molecule has 0 aliphatic carbocycles. The van der Waals surface area contributed by atoms with E-state index in [9.17, 15) is 9.90 Å². The molecule has 0 aliphatic rings. The third-order valence-corrected chi connectivity index (χ3v) is 4.41. The molecule has 0 saturated carbocycles. The number of carbonyl (C=O) groups excluding carboxylic acids is 1. The lowest BCUT2D eigenvalue weighted by atomic mass is 10.0. The summed E-state index contributed by atoms with van der Waals surface area (Å²) < 4.78 is 5.78. The number of benzene rings is 2. The first kappa shape index (κ1) is 18.7. The average Bonchev–Trinajstić information content (AvgIpc) is 3.15. The lowest BCUT2D eigenvalue weighted by molar-refractivity contribution is -0.121. The van der Waals surface area contributed by atoms with Crippen LogP contribution in [-0.2, 0) is 17.8 Å². The van der Waals surface area contributed by atoms with Crippen molar-refractivity contribution in [2.45, 2.75) is 39.2 Å². The van der Waals surface area contributed by atoms with Gasteiger partial charge in [0.2, 0.25) is 5.91 Å². The third-order valence-electron chi connectivity index (χ3n) is 4.41. The third kappa shape index (κ3) is 5.20. The maximum Gasteiger partial charge on any atom is 0.220 e. The summed E-state index contributed by atoms with van der Waals surface area (Å²) in [6, 6.07) is 15.0. The number of phenolic OH excluding ortho intramolecular Hbond substituents is 1. The molecule has 0 atom stereocenters. The Hall–Kier alpha value is -3.08. The van der Waals surface area contributed by atoms with E-state index >= 15 is 0 Å². The Morgan fingerprint density at radius 1 is 1.11 bits per heavy atom. The number of hydrogen-bond donors (Lipinski definition) is 2. The molecule has 3 rings (SSSR count). The summed E-state index contributed by atoms with van der Waals surface area (Å²) in [6.45, 7) is 4.75. The minimum atomic E-state index is -0.0656. The van der Waals surface area contributed by atoms with Crippen LogP contribution >= 0.6 is 0 Å². The van der Waals surface area contributed by atoms with E-state index < -0.39 is 0 Å². The first-order valence-electron chi connectivity index (χ1n) is 9.11. The molecular weight excluding hydrogens is 340 g/mol. The van der Waals surface area contributed by atoms with E-state index in [1.165, 1.54) is 5.56 Å². The number of aryl methyl sites for hydroxylation is 1. The van der Waals surface area contributed by atoms with Gasteiger partial charge in [-0.25, -0.2) is 4.98 Å². The van der Waals surface area contributed by atoms with Gasteiger partial charge in [0, 0.05) is 24.9 Å². The molecular formula is C22H24N2O3. The van der Waals surface area contributed by atoms with E-state index in [-0.39, 0.29) is 11.7 Å². The van der Waals surface area contributed by atoms with Crippen molar-refractivity contribution in [3.63, 3.8) is 0 Å². The van der Waals surface area contributed by atoms with Crippen molar-refractivity contribution < 1.29 is 14.3 Å². The number of rotatable bonds is 7. The molecule has 5 nitrogen and oxygen atoms in total. The Kier molecular flexibility index (Phi) is 5.91. The van der Waals surface area contributed by atoms with Crippen LogP contribution in [0.4, 0.5) is 0 Å². The highest BCUT2D eigenvalue weighted by Crippen LogP contribution is 2.23. The first-order valence-corrected chi connectivity index (χ1v) is 9.11. The van der Waals surface area contributed by atoms with Crippen molar-refractivity contribution in [1.82, 2.24) is 10.3 Å². The molecule has 2 N–H and O–H groups in total. The molecule has 3 aromatic rings. The number of aromatic hydroxyl groups is 1. The standard InChI is InChI=1S/C22H24N2O3/c1-15(2)17-5-7-18(8-6-17)20-14-24-22(27-20)12-11-21(26)23-13-16-3-9-19(25)10-4-16/h3-10,14-15,25H,11-13H2,1-2H3,(H,23,26). The number of nitrogens with zero attached hydrogens (tertiary/aromatic N) is 1. The summed E-state index contributed by atoms with van der Waals surface area (Å²) in [5, 5.41) is 12.1. The highest BCUT2D eigenvalue weighted by Gasteiger charge is 2.09. The first-order chi connectivity index (χ1) is 13.0. The normalized spacial score (nSPS) is 10.9. The minimum Gasteiger partial charge on any atom is -0.508 e. The summed E-state index contributed by atoms with van der Waals surface area (Å²) in [4.78, 5) is 16.3. The maximum absolute atomic E-state index is 12.0. The van der Waals surface area contributed by atoms with Gasteiger partial charge in [-0.15, -0.1) is 0 Å². The molecule has 1 aromatic heterocycles. The highest BCUT2D eigenvalue weighted by molar-refractivity contribution is 5.76. The SMILES string of the molecule is CC(C)c1ccc(-c2cnc(CCC(=O)NCc3ccc(O)cc3)o2)cc1. The topological polar surface area (TPSA) is 75.4 Å². The molecule has 0 aliphatic heterocycles. The number of hydrogen-bond acceptors (Lipinski definition) is 4. The van der Waals surface area contributed by atoms with Crippen molar-refractivity contribution in [3.8, 4) is 17.1 Å². The number of oxazole rings is 1. The Bertz CT molecular complexity index is 881. The van der Waals surface area contributed by atoms with Crippen molar-refractivity contribution in [2.75, 3.05) is 0 Å². The number of phenols is 1. The Labute approximate surface area is 159 Å². The number of amides is 1. The minimum absolute atomic E-state index is 0.0656. The van der Waals surface area contributed by atoms with Gasteiger partial charge in [0.1, 0.15) is 5.75 Å². The molecule has 1 heterocycles. The van der Waals surface area contributed by atoms with Gasteiger partial charge in [0.15, 0.2) is 11.7 Å².